The van der Waals surface area contributed by atoms with Crippen molar-refractivity contribution in [3.05, 3.63) is 39.7 Å². The van der Waals surface area contributed by atoms with Gasteiger partial charge in [-0.05, 0) is 56.5 Å². The molecule has 1 aliphatic heterocycles. The topological polar surface area (TPSA) is 101 Å². The summed E-state index contributed by atoms with van der Waals surface area (Å²) in [5.41, 5.74) is 3.78. The quantitative estimate of drug-likeness (QED) is 0.588. The summed E-state index contributed by atoms with van der Waals surface area (Å²) in [6, 6.07) is 6.00. The molecule has 0 radical (unpaired) electrons. The predicted octanol–water partition coefficient (Wildman–Crippen LogP) is 1.99. The number of H-pyrrole nitrogens is 1. The van der Waals surface area contributed by atoms with Crippen molar-refractivity contribution >= 4 is 22.8 Å². The molecule has 0 saturated carbocycles. The van der Waals surface area contributed by atoms with Gasteiger partial charge in [-0.25, -0.2) is 4.68 Å². The van der Waals surface area contributed by atoms with E-state index >= 15 is 0 Å². The Labute approximate surface area is 169 Å². The second-order valence-electron chi connectivity index (χ2n) is 7.48. The zero-order valence-corrected chi connectivity index (χ0v) is 16.9. The van der Waals surface area contributed by atoms with Crippen molar-refractivity contribution in [2.75, 3.05) is 38.2 Å². The van der Waals surface area contributed by atoms with Crippen molar-refractivity contribution in [1.82, 2.24) is 29.9 Å². The van der Waals surface area contributed by atoms with E-state index in [0.717, 1.165) is 51.4 Å². The van der Waals surface area contributed by atoms with Crippen molar-refractivity contribution < 1.29 is 4.74 Å². The number of morpholine rings is 1. The summed E-state index contributed by atoms with van der Waals surface area (Å²) in [7, 11) is 0. The van der Waals surface area contributed by atoms with Gasteiger partial charge in [0.1, 0.15) is 0 Å². The predicted molar refractivity (Wildman–Crippen MR) is 112 cm³/mol. The van der Waals surface area contributed by atoms with Gasteiger partial charge in [-0.3, -0.25) is 14.7 Å². The van der Waals surface area contributed by atoms with Crippen LogP contribution in [0.15, 0.2) is 23.0 Å². The summed E-state index contributed by atoms with van der Waals surface area (Å²) >= 11 is 0. The summed E-state index contributed by atoms with van der Waals surface area (Å²) < 4.78 is 7.02. The molecule has 0 spiro atoms. The van der Waals surface area contributed by atoms with Gasteiger partial charge in [0.15, 0.2) is 5.52 Å². The molecule has 9 heteroatoms. The third kappa shape index (κ3) is 4.63. The van der Waals surface area contributed by atoms with E-state index in [9.17, 15) is 4.79 Å². The van der Waals surface area contributed by atoms with E-state index < -0.39 is 0 Å². The monoisotopic (exact) mass is 397 g/mol. The highest BCUT2D eigenvalue weighted by atomic mass is 16.5. The number of fused-ring (bicyclic) bond motifs is 1. The molecule has 4 rings (SSSR count). The van der Waals surface area contributed by atoms with Gasteiger partial charge in [0, 0.05) is 25.3 Å². The van der Waals surface area contributed by atoms with Gasteiger partial charge < -0.3 is 10.1 Å². The average molecular weight is 397 g/mol. The highest BCUT2D eigenvalue weighted by Crippen LogP contribution is 2.17. The third-order valence-corrected chi connectivity index (χ3v) is 5.35. The molecule has 9 nitrogen and oxygen atoms in total. The van der Waals surface area contributed by atoms with Gasteiger partial charge in [0.25, 0.3) is 5.56 Å². The van der Waals surface area contributed by atoms with Crippen LogP contribution in [0.5, 0.6) is 0 Å². The van der Waals surface area contributed by atoms with E-state index in [1.54, 1.807) is 4.68 Å². The van der Waals surface area contributed by atoms with Crippen molar-refractivity contribution in [3.63, 3.8) is 0 Å². The second kappa shape index (κ2) is 8.71. The lowest BCUT2D eigenvalue weighted by Gasteiger charge is -2.26. The minimum Gasteiger partial charge on any atom is -0.379 e. The SMILES string of the molecule is Cc1ccc(Nc2nc3nnn(CCCCN4CCOCC4)c3c(=O)[nH]2)cc1C. The maximum atomic E-state index is 12.6. The summed E-state index contributed by atoms with van der Waals surface area (Å²) in [5, 5.41) is 11.4. The molecular formula is C20H27N7O2. The van der Waals surface area contributed by atoms with E-state index in [1.807, 2.05) is 25.1 Å². The minimum absolute atomic E-state index is 0.237. The maximum Gasteiger partial charge on any atom is 0.280 e. The molecule has 2 aromatic heterocycles. The molecule has 0 atom stereocenters. The average Bonchev–Trinajstić information content (AvgIpc) is 3.12. The third-order valence-electron chi connectivity index (χ3n) is 5.35. The highest BCUT2D eigenvalue weighted by Gasteiger charge is 2.13. The lowest BCUT2D eigenvalue weighted by Crippen LogP contribution is -2.36. The van der Waals surface area contributed by atoms with E-state index in [2.05, 4.69) is 37.4 Å². The highest BCUT2D eigenvalue weighted by molar-refractivity contribution is 5.70. The summed E-state index contributed by atoms with van der Waals surface area (Å²) in [4.78, 5) is 22.2. The number of rotatable bonds is 7. The minimum atomic E-state index is -0.237. The molecule has 154 valence electrons. The van der Waals surface area contributed by atoms with Crippen LogP contribution < -0.4 is 10.9 Å². The summed E-state index contributed by atoms with van der Waals surface area (Å²) in [5.74, 6) is 0.366. The van der Waals surface area contributed by atoms with Crippen LogP contribution in [0.1, 0.15) is 24.0 Å². The van der Waals surface area contributed by atoms with Gasteiger partial charge in [-0.15, -0.1) is 5.10 Å². The van der Waals surface area contributed by atoms with Crippen molar-refractivity contribution in [2.24, 2.45) is 0 Å². The molecule has 0 aliphatic carbocycles. The van der Waals surface area contributed by atoms with Crippen molar-refractivity contribution in [2.45, 2.75) is 33.2 Å². The van der Waals surface area contributed by atoms with Gasteiger partial charge >= 0.3 is 0 Å². The van der Waals surface area contributed by atoms with Gasteiger partial charge in [0.05, 0.1) is 13.2 Å². The van der Waals surface area contributed by atoms with Crippen LogP contribution >= 0.6 is 0 Å². The first-order valence-electron chi connectivity index (χ1n) is 10.1. The van der Waals surface area contributed by atoms with E-state index in [-0.39, 0.29) is 5.56 Å². The fraction of sp³-hybridized carbons (Fsp3) is 0.500. The molecule has 3 aromatic rings. The van der Waals surface area contributed by atoms with E-state index in [0.29, 0.717) is 23.7 Å². The molecular weight excluding hydrogens is 370 g/mol. The Morgan fingerprint density at radius 1 is 1.14 bits per heavy atom. The smallest absolute Gasteiger partial charge is 0.280 e. The Balaban J connectivity index is 1.41. The molecule has 3 heterocycles. The number of ether oxygens (including phenoxy) is 1. The molecule has 1 saturated heterocycles. The number of hydrogen-bond donors (Lipinski definition) is 2. The lowest BCUT2D eigenvalue weighted by atomic mass is 10.1. The van der Waals surface area contributed by atoms with Crippen molar-refractivity contribution in [1.29, 1.82) is 0 Å². The molecule has 1 aromatic carbocycles. The Hall–Kier alpha value is -2.78. The van der Waals surface area contributed by atoms with Crippen LogP contribution in [0, 0.1) is 13.8 Å². The lowest BCUT2D eigenvalue weighted by molar-refractivity contribution is 0.0370. The molecule has 0 unspecified atom stereocenters. The first kappa shape index (κ1) is 19.5. The molecule has 1 aliphatic rings. The van der Waals surface area contributed by atoms with E-state index in [4.69, 9.17) is 4.74 Å². The van der Waals surface area contributed by atoms with E-state index in [1.165, 1.54) is 11.1 Å². The molecule has 29 heavy (non-hydrogen) atoms. The Morgan fingerprint density at radius 3 is 2.72 bits per heavy atom. The zero-order valence-electron chi connectivity index (χ0n) is 16.9. The van der Waals surface area contributed by atoms with Crippen molar-refractivity contribution in [3.8, 4) is 0 Å². The van der Waals surface area contributed by atoms with Gasteiger partial charge in [-0.2, -0.15) is 4.98 Å². The number of anilines is 2. The largest absolute Gasteiger partial charge is 0.379 e. The number of aromatic amines is 1. The van der Waals surface area contributed by atoms with Crippen LogP contribution in [0.3, 0.4) is 0 Å². The standard InChI is InChI=1S/C20H27N7O2/c1-14-5-6-16(13-15(14)2)21-20-22-18-17(19(28)23-20)27(25-24-18)8-4-3-7-26-9-11-29-12-10-26/h5-6,13H,3-4,7-12H2,1-2H3,(H2,21,22,23,28). The van der Waals surface area contributed by atoms with Gasteiger partial charge in [0.2, 0.25) is 11.6 Å². The number of unbranched alkanes of at least 4 members (excludes halogenated alkanes) is 1. The fourth-order valence-electron chi connectivity index (χ4n) is 3.49. The number of aryl methyl sites for hydroxylation is 3. The molecule has 0 bridgehead atoms. The number of nitrogens with one attached hydrogen (secondary N) is 2. The van der Waals surface area contributed by atoms with Crippen LogP contribution in [0.4, 0.5) is 11.6 Å². The number of aromatic nitrogens is 5. The first-order chi connectivity index (χ1) is 14.1. The summed E-state index contributed by atoms with van der Waals surface area (Å²) in [6.07, 6.45) is 1.97. The Kier molecular flexibility index (Phi) is 5.86. The van der Waals surface area contributed by atoms with Crippen LogP contribution in [0.25, 0.3) is 11.2 Å². The van der Waals surface area contributed by atoms with Gasteiger partial charge in [-0.1, -0.05) is 11.3 Å². The zero-order chi connectivity index (χ0) is 20.2. The van der Waals surface area contributed by atoms with Crippen LogP contribution in [0.2, 0.25) is 0 Å². The Morgan fingerprint density at radius 2 is 1.93 bits per heavy atom. The van der Waals surface area contributed by atoms with Crippen LogP contribution in [-0.2, 0) is 11.3 Å². The number of benzene rings is 1. The molecule has 2 N–H and O–H groups in total. The number of hydrogen-bond acceptors (Lipinski definition) is 7. The Bertz CT molecular complexity index is 1040. The maximum absolute atomic E-state index is 12.6. The number of nitrogens with zero attached hydrogens (tertiary/aromatic N) is 5. The second-order valence-corrected chi connectivity index (χ2v) is 7.48. The van der Waals surface area contributed by atoms with Crippen LogP contribution in [-0.4, -0.2) is 62.7 Å². The molecule has 0 amide bonds. The summed E-state index contributed by atoms with van der Waals surface area (Å²) in [6.45, 7) is 9.40. The fourth-order valence-corrected chi connectivity index (χ4v) is 3.49. The molecule has 1 fully saturated rings. The first-order valence-corrected chi connectivity index (χ1v) is 10.1. The normalized spacial score (nSPS) is 15.1.